The maximum atomic E-state index is 14.1. The van der Waals surface area contributed by atoms with E-state index in [9.17, 15) is 4.79 Å². The second-order valence-corrected chi connectivity index (χ2v) is 19.2. The molecule has 0 spiro atoms. The molecule has 0 aliphatic carbocycles. The minimum atomic E-state index is -0.379. The van der Waals surface area contributed by atoms with Crippen molar-refractivity contribution in [3.05, 3.63) is 176 Å². The van der Waals surface area contributed by atoms with E-state index in [4.69, 9.17) is 17.6 Å². The van der Waals surface area contributed by atoms with Gasteiger partial charge >= 0.3 is 5.97 Å². The van der Waals surface area contributed by atoms with E-state index < -0.39 is 0 Å². The first-order valence-corrected chi connectivity index (χ1v) is 23.4. The fraction of sp³-hybridized carbons (Fsp3) is 0.215. The van der Waals surface area contributed by atoms with Crippen molar-refractivity contribution in [3.8, 4) is 48.4 Å². The molecule has 0 bridgehead atoms. The lowest BCUT2D eigenvalue weighted by molar-refractivity contribution is 0.0405. The van der Waals surface area contributed by atoms with Gasteiger partial charge in [-0.25, -0.2) is 4.79 Å². The van der Waals surface area contributed by atoms with Crippen molar-refractivity contribution < 1.29 is 9.53 Å². The quantitative estimate of drug-likeness (QED) is 0.0906. The smallest absolute Gasteiger partial charge is 0.338 e. The number of fused-ring (bicyclic) bond motifs is 10. The van der Waals surface area contributed by atoms with Crippen LogP contribution in [-0.2, 0) is 4.74 Å². The van der Waals surface area contributed by atoms with Gasteiger partial charge in [0.1, 0.15) is 0 Å². The number of ether oxygens (including phenoxy) is 1. The first kappa shape index (κ1) is 44.5. The Bertz CT molecular complexity index is 3510. The Morgan fingerprint density at radius 1 is 0.478 bits per heavy atom. The molecular formula is C65H54O2. The van der Waals surface area contributed by atoms with Crippen molar-refractivity contribution in [1.82, 2.24) is 0 Å². The van der Waals surface area contributed by atoms with Gasteiger partial charge in [0.15, 0.2) is 0 Å². The summed E-state index contributed by atoms with van der Waals surface area (Å²) in [6, 6.07) is 39.6. The molecule has 0 radical (unpaired) electrons. The number of benzene rings is 9. The monoisotopic (exact) mass is 866 g/mol. The lowest BCUT2D eigenvalue weighted by Gasteiger charge is -2.20. The van der Waals surface area contributed by atoms with E-state index in [1.54, 1.807) is 0 Å². The third-order valence-electron chi connectivity index (χ3n) is 13.3. The van der Waals surface area contributed by atoms with Gasteiger partial charge in [0, 0.05) is 33.4 Å². The Morgan fingerprint density at radius 2 is 0.836 bits per heavy atom. The molecule has 0 unspecified atom stereocenters. The molecule has 2 heteroatoms. The minimum Gasteiger partial charge on any atom is -0.462 e. The van der Waals surface area contributed by atoms with Gasteiger partial charge in [0.25, 0.3) is 0 Å². The molecule has 0 aliphatic heterocycles. The number of aryl methyl sites for hydroxylation is 4. The van der Waals surface area contributed by atoms with Crippen molar-refractivity contribution in [1.29, 1.82) is 0 Å². The van der Waals surface area contributed by atoms with Gasteiger partial charge in [-0.2, -0.15) is 0 Å². The highest BCUT2D eigenvalue weighted by Crippen LogP contribution is 2.40. The lowest BCUT2D eigenvalue weighted by Crippen LogP contribution is -2.18. The molecule has 0 fully saturated rings. The van der Waals surface area contributed by atoms with Crippen LogP contribution in [0.4, 0.5) is 0 Å². The highest BCUT2D eigenvalue weighted by Gasteiger charge is 2.19. The van der Waals surface area contributed by atoms with E-state index in [2.05, 4.69) is 188 Å². The zero-order valence-electron chi connectivity index (χ0n) is 39.8. The summed E-state index contributed by atoms with van der Waals surface area (Å²) < 4.78 is 6.13. The van der Waals surface area contributed by atoms with Crippen molar-refractivity contribution in [2.45, 2.75) is 68.2 Å². The van der Waals surface area contributed by atoms with E-state index >= 15 is 0 Å². The van der Waals surface area contributed by atoms with Gasteiger partial charge in [-0.1, -0.05) is 136 Å². The fourth-order valence-electron chi connectivity index (χ4n) is 10.5. The number of hydrogen-bond donors (Lipinski definition) is 0. The summed E-state index contributed by atoms with van der Waals surface area (Å²) in [5, 5.41) is 13.3. The average Bonchev–Trinajstić information content (AvgIpc) is 3.30. The fourth-order valence-corrected chi connectivity index (χ4v) is 10.5. The molecule has 0 saturated heterocycles. The van der Waals surface area contributed by atoms with E-state index in [-0.39, 0.29) is 11.9 Å². The van der Waals surface area contributed by atoms with Crippen LogP contribution in [0.3, 0.4) is 0 Å². The van der Waals surface area contributed by atoms with Crippen LogP contribution >= 0.6 is 0 Å². The predicted molar refractivity (Wildman–Crippen MR) is 284 cm³/mol. The molecular weight excluding hydrogens is 813 g/mol. The largest absolute Gasteiger partial charge is 0.462 e. The molecule has 0 amide bonds. The maximum absolute atomic E-state index is 14.1. The van der Waals surface area contributed by atoms with Gasteiger partial charge in [-0.3, -0.25) is 0 Å². The second kappa shape index (κ2) is 18.3. The van der Waals surface area contributed by atoms with Crippen LogP contribution < -0.4 is 0 Å². The molecule has 2 nitrogen and oxygen atoms in total. The number of hydrogen-bond acceptors (Lipinski definition) is 2. The van der Waals surface area contributed by atoms with Crippen LogP contribution in [-0.4, -0.2) is 12.6 Å². The highest BCUT2D eigenvalue weighted by atomic mass is 16.5. The van der Waals surface area contributed by atoms with Crippen LogP contribution in [0.5, 0.6) is 0 Å². The molecule has 0 N–H and O–H groups in total. The Balaban J connectivity index is 1.22. The molecule has 9 rings (SSSR count). The van der Waals surface area contributed by atoms with Gasteiger partial charge in [0.05, 0.1) is 12.2 Å². The number of carbonyl (C=O) groups excluding carboxylic acids is 1. The summed E-state index contributed by atoms with van der Waals surface area (Å²) in [5.41, 5.74) is 9.88. The summed E-state index contributed by atoms with van der Waals surface area (Å²) in [4.78, 5) is 14.1. The number of rotatable bonds is 7. The SMILES string of the molecule is C#Cc1cc2cc(C#Cc3cc(C#Cc4cc5cc(C#C)c6cccc(C)c6c5c5c(C)cccc45)cc(C(=O)OCC(CC(C)C)CC(C)C)c3)c3cccc(C)c3c2c2c(C)cccc12. The van der Waals surface area contributed by atoms with Gasteiger partial charge < -0.3 is 4.74 Å². The topological polar surface area (TPSA) is 26.3 Å². The molecule has 9 aromatic carbocycles. The van der Waals surface area contributed by atoms with Gasteiger partial charge in [-0.05, 0) is 188 Å². The van der Waals surface area contributed by atoms with Crippen molar-refractivity contribution >= 4 is 70.6 Å². The minimum absolute atomic E-state index is 0.271. The maximum Gasteiger partial charge on any atom is 0.338 e. The Kier molecular flexibility index (Phi) is 12.1. The Hall–Kier alpha value is -7.75. The van der Waals surface area contributed by atoms with Gasteiger partial charge in [0.2, 0.25) is 0 Å². The molecule has 0 saturated carbocycles. The van der Waals surface area contributed by atoms with E-state index in [0.717, 1.165) is 89.3 Å². The number of esters is 1. The lowest BCUT2D eigenvalue weighted by atomic mass is 9.88. The summed E-state index contributed by atoms with van der Waals surface area (Å²) in [5.74, 6) is 20.8. The average molecular weight is 867 g/mol. The Morgan fingerprint density at radius 3 is 1.19 bits per heavy atom. The third kappa shape index (κ3) is 8.50. The molecule has 0 heterocycles. The van der Waals surface area contributed by atoms with Crippen molar-refractivity contribution in [2.24, 2.45) is 17.8 Å². The number of carbonyl (C=O) groups is 1. The molecule has 67 heavy (non-hydrogen) atoms. The molecule has 0 atom stereocenters. The van der Waals surface area contributed by atoms with Crippen LogP contribution in [0.2, 0.25) is 0 Å². The van der Waals surface area contributed by atoms with E-state index in [0.29, 0.717) is 35.1 Å². The predicted octanol–water partition coefficient (Wildman–Crippen LogP) is 15.5. The van der Waals surface area contributed by atoms with Crippen molar-refractivity contribution in [2.75, 3.05) is 6.61 Å². The van der Waals surface area contributed by atoms with E-state index in [1.165, 1.54) is 32.7 Å². The second-order valence-electron chi connectivity index (χ2n) is 19.2. The summed E-state index contributed by atoms with van der Waals surface area (Å²) in [6.45, 7) is 17.8. The number of terminal acetylenes is 2. The zero-order valence-corrected chi connectivity index (χ0v) is 39.8. The third-order valence-corrected chi connectivity index (χ3v) is 13.3. The normalized spacial score (nSPS) is 11.4. The van der Waals surface area contributed by atoms with E-state index in [1.807, 2.05) is 18.2 Å². The van der Waals surface area contributed by atoms with Crippen LogP contribution in [0.1, 0.15) is 107 Å². The Labute approximate surface area is 395 Å². The van der Waals surface area contributed by atoms with Crippen LogP contribution in [0.15, 0.2) is 115 Å². The van der Waals surface area contributed by atoms with Crippen LogP contribution in [0.25, 0.3) is 64.6 Å². The summed E-state index contributed by atoms with van der Waals surface area (Å²) >= 11 is 0. The summed E-state index contributed by atoms with van der Waals surface area (Å²) in [6.07, 6.45) is 14.2. The highest BCUT2D eigenvalue weighted by molar-refractivity contribution is 6.25. The standard InChI is InChI=1S/C65H54O2/c1-11-48-34-52-36-50(57-23-15-19-43(9)61(57)63(52)59-41(7)17-13-21-55(48)59)27-25-45-31-46(33-54(32-45)65(66)67-38-47(29-39(3)4)30-40(5)6)26-28-51-37-53-35-49(12-2)56-22-14-18-42(8)60(56)64(53)62-44(10)20-16-24-58(51)62/h1-2,13-24,31-37,39-40,47H,29-30,38H2,3-10H3. The first-order chi connectivity index (χ1) is 32.3. The van der Waals surface area contributed by atoms with Gasteiger partial charge in [-0.15, -0.1) is 12.8 Å². The zero-order chi connectivity index (χ0) is 47.1. The van der Waals surface area contributed by atoms with Crippen LogP contribution in [0, 0.1) is 93.8 Å². The first-order valence-electron chi connectivity index (χ1n) is 23.4. The molecule has 0 aliphatic rings. The summed E-state index contributed by atoms with van der Waals surface area (Å²) in [7, 11) is 0. The molecule has 326 valence electrons. The molecule has 9 aromatic rings. The van der Waals surface area contributed by atoms with Crippen molar-refractivity contribution in [3.63, 3.8) is 0 Å². The molecule has 0 aromatic heterocycles.